The van der Waals surface area contributed by atoms with Gasteiger partial charge in [-0.15, -0.1) is 0 Å². The van der Waals surface area contributed by atoms with Gasteiger partial charge in [0, 0.05) is 6.42 Å². The number of hydrogen-bond acceptors (Lipinski definition) is 1. The SMILES string of the molecule is C=CC(C=C)(Cc1ccccc1)O[Si](CC)(CC)CC. The monoisotopic (exact) mass is 288 g/mol. The van der Waals surface area contributed by atoms with Crippen LogP contribution in [-0.2, 0) is 10.8 Å². The van der Waals surface area contributed by atoms with E-state index < -0.39 is 13.9 Å². The number of benzene rings is 1. The summed E-state index contributed by atoms with van der Waals surface area (Å²) in [6, 6.07) is 13.9. The fraction of sp³-hybridized carbons (Fsp3) is 0.444. The first-order valence-corrected chi connectivity index (χ1v) is 10.1. The molecule has 0 atom stereocenters. The van der Waals surface area contributed by atoms with Crippen molar-refractivity contribution in [2.75, 3.05) is 0 Å². The van der Waals surface area contributed by atoms with Crippen molar-refractivity contribution >= 4 is 8.32 Å². The molecule has 0 aliphatic carbocycles. The van der Waals surface area contributed by atoms with E-state index in [-0.39, 0.29) is 0 Å². The molecule has 0 saturated heterocycles. The van der Waals surface area contributed by atoms with E-state index in [1.54, 1.807) is 0 Å². The average Bonchev–Trinajstić information content (AvgIpc) is 2.53. The van der Waals surface area contributed by atoms with Gasteiger partial charge >= 0.3 is 0 Å². The summed E-state index contributed by atoms with van der Waals surface area (Å²) in [6.07, 6.45) is 4.67. The Bertz CT molecular complexity index is 404. The van der Waals surface area contributed by atoms with Gasteiger partial charge in [-0.2, -0.15) is 0 Å². The van der Waals surface area contributed by atoms with Gasteiger partial charge in [-0.25, -0.2) is 0 Å². The molecule has 0 fully saturated rings. The van der Waals surface area contributed by atoms with E-state index in [4.69, 9.17) is 4.43 Å². The van der Waals surface area contributed by atoms with Crippen molar-refractivity contribution < 1.29 is 4.43 Å². The van der Waals surface area contributed by atoms with Crippen LogP contribution in [0.1, 0.15) is 26.3 Å². The molecule has 0 amide bonds. The molecule has 0 unspecified atom stereocenters. The van der Waals surface area contributed by atoms with Crippen molar-refractivity contribution in [1.82, 2.24) is 0 Å². The predicted octanol–water partition coefficient (Wildman–Crippen LogP) is 5.36. The Labute approximate surface area is 125 Å². The van der Waals surface area contributed by atoms with Gasteiger partial charge in [0.1, 0.15) is 0 Å². The third-order valence-corrected chi connectivity index (χ3v) is 9.03. The Kier molecular flexibility index (Phi) is 6.44. The van der Waals surface area contributed by atoms with Gasteiger partial charge in [0.25, 0.3) is 0 Å². The van der Waals surface area contributed by atoms with Crippen LogP contribution in [0.4, 0.5) is 0 Å². The maximum absolute atomic E-state index is 6.68. The second-order valence-corrected chi connectivity index (χ2v) is 10.1. The molecular formula is C18H28OSi. The Morgan fingerprint density at radius 2 is 1.50 bits per heavy atom. The van der Waals surface area contributed by atoms with E-state index in [0.717, 1.165) is 24.6 Å². The summed E-state index contributed by atoms with van der Waals surface area (Å²) in [5.41, 5.74) is 0.828. The zero-order valence-corrected chi connectivity index (χ0v) is 14.2. The smallest absolute Gasteiger partial charge is 0.193 e. The van der Waals surface area contributed by atoms with Crippen molar-refractivity contribution in [3.63, 3.8) is 0 Å². The fourth-order valence-corrected chi connectivity index (χ4v) is 5.61. The van der Waals surface area contributed by atoms with Crippen molar-refractivity contribution in [2.45, 2.75) is 50.9 Å². The lowest BCUT2D eigenvalue weighted by molar-refractivity contribution is 0.157. The first-order chi connectivity index (χ1) is 9.59. The molecule has 1 aromatic carbocycles. The lowest BCUT2D eigenvalue weighted by atomic mass is 9.95. The van der Waals surface area contributed by atoms with Gasteiger partial charge in [0.05, 0.1) is 5.60 Å². The fourth-order valence-electron chi connectivity index (χ4n) is 2.63. The maximum atomic E-state index is 6.68. The van der Waals surface area contributed by atoms with E-state index in [9.17, 15) is 0 Å². The summed E-state index contributed by atoms with van der Waals surface area (Å²) in [5.74, 6) is 0. The second-order valence-electron chi connectivity index (χ2n) is 5.37. The normalized spacial score (nSPS) is 12.2. The summed E-state index contributed by atoms with van der Waals surface area (Å²) in [5, 5.41) is 0. The molecule has 0 radical (unpaired) electrons. The molecule has 0 N–H and O–H groups in total. The van der Waals surface area contributed by atoms with Crippen molar-refractivity contribution in [3.8, 4) is 0 Å². The van der Waals surface area contributed by atoms with Crippen LogP contribution in [-0.4, -0.2) is 13.9 Å². The minimum Gasteiger partial charge on any atom is -0.404 e. The molecule has 0 heterocycles. The zero-order valence-electron chi connectivity index (χ0n) is 13.2. The summed E-state index contributed by atoms with van der Waals surface area (Å²) in [6.45, 7) is 14.8. The van der Waals surface area contributed by atoms with Crippen LogP contribution in [0.25, 0.3) is 0 Å². The number of hydrogen-bond donors (Lipinski definition) is 0. The van der Waals surface area contributed by atoms with Gasteiger partial charge in [0.2, 0.25) is 0 Å². The van der Waals surface area contributed by atoms with E-state index >= 15 is 0 Å². The molecule has 1 rings (SSSR count). The first kappa shape index (κ1) is 16.9. The van der Waals surface area contributed by atoms with Gasteiger partial charge < -0.3 is 4.43 Å². The lowest BCUT2D eigenvalue weighted by Crippen LogP contribution is -2.46. The third kappa shape index (κ3) is 3.94. The Morgan fingerprint density at radius 1 is 1.00 bits per heavy atom. The molecule has 0 spiro atoms. The minimum absolute atomic E-state index is 0.435. The highest BCUT2D eigenvalue weighted by Gasteiger charge is 2.37. The zero-order chi connectivity index (χ0) is 15.1. The summed E-state index contributed by atoms with van der Waals surface area (Å²) in [7, 11) is -1.69. The highest BCUT2D eigenvalue weighted by molar-refractivity contribution is 6.73. The predicted molar refractivity (Wildman–Crippen MR) is 91.6 cm³/mol. The Morgan fingerprint density at radius 3 is 1.90 bits per heavy atom. The van der Waals surface area contributed by atoms with Gasteiger partial charge in [-0.1, -0.05) is 76.4 Å². The van der Waals surface area contributed by atoms with Gasteiger partial charge in [-0.3, -0.25) is 0 Å². The molecule has 1 aromatic rings. The quantitative estimate of drug-likeness (QED) is 0.439. The van der Waals surface area contributed by atoms with E-state index in [1.807, 2.05) is 18.2 Å². The Balaban J connectivity index is 3.03. The standard InChI is InChI=1S/C18H28OSi/c1-6-18(7-2,16-17-14-12-11-13-15-17)19-20(8-3,9-4)10-5/h6-7,11-15H,1-2,8-10,16H2,3-5H3. The molecule has 2 heteroatoms. The van der Waals surface area contributed by atoms with Crippen molar-refractivity contribution in [3.05, 3.63) is 61.2 Å². The van der Waals surface area contributed by atoms with E-state index in [0.29, 0.717) is 0 Å². The molecule has 0 aliphatic rings. The third-order valence-electron chi connectivity index (χ3n) is 4.35. The van der Waals surface area contributed by atoms with Crippen LogP contribution in [0, 0.1) is 0 Å². The highest BCUT2D eigenvalue weighted by atomic mass is 28.4. The molecule has 110 valence electrons. The van der Waals surface area contributed by atoms with E-state index in [1.165, 1.54) is 5.56 Å². The second kappa shape index (κ2) is 7.60. The van der Waals surface area contributed by atoms with Crippen molar-refractivity contribution in [2.24, 2.45) is 0 Å². The van der Waals surface area contributed by atoms with Crippen LogP contribution < -0.4 is 0 Å². The minimum atomic E-state index is -1.69. The summed E-state index contributed by atoms with van der Waals surface area (Å²) >= 11 is 0. The van der Waals surface area contributed by atoms with E-state index in [2.05, 4.69) is 58.2 Å². The highest BCUT2D eigenvalue weighted by Crippen LogP contribution is 2.31. The lowest BCUT2D eigenvalue weighted by Gasteiger charge is -2.39. The van der Waals surface area contributed by atoms with Crippen LogP contribution in [0.15, 0.2) is 55.6 Å². The molecule has 0 bridgehead atoms. The number of rotatable bonds is 9. The largest absolute Gasteiger partial charge is 0.404 e. The van der Waals surface area contributed by atoms with Gasteiger partial charge in [0.15, 0.2) is 8.32 Å². The van der Waals surface area contributed by atoms with Crippen LogP contribution in [0.5, 0.6) is 0 Å². The molecular weight excluding hydrogens is 260 g/mol. The maximum Gasteiger partial charge on any atom is 0.193 e. The summed E-state index contributed by atoms with van der Waals surface area (Å²) in [4.78, 5) is 0. The first-order valence-electron chi connectivity index (χ1n) is 7.60. The van der Waals surface area contributed by atoms with Crippen molar-refractivity contribution in [1.29, 1.82) is 0 Å². The topological polar surface area (TPSA) is 9.23 Å². The average molecular weight is 289 g/mol. The van der Waals surface area contributed by atoms with Gasteiger partial charge in [-0.05, 0) is 23.7 Å². The Hall–Kier alpha value is -1.12. The molecule has 20 heavy (non-hydrogen) atoms. The van der Waals surface area contributed by atoms with Crippen LogP contribution in [0.2, 0.25) is 18.1 Å². The van der Waals surface area contributed by atoms with Crippen LogP contribution in [0.3, 0.4) is 0 Å². The molecule has 0 aromatic heterocycles. The summed E-state index contributed by atoms with van der Waals surface area (Å²) < 4.78 is 6.68. The van der Waals surface area contributed by atoms with Crippen LogP contribution >= 0.6 is 0 Å². The molecule has 1 nitrogen and oxygen atoms in total. The molecule has 0 saturated carbocycles. The molecule has 0 aliphatic heterocycles.